The maximum absolute atomic E-state index is 13.1. The lowest BCUT2D eigenvalue weighted by molar-refractivity contribution is -0.114. The maximum atomic E-state index is 13.1. The van der Waals surface area contributed by atoms with Gasteiger partial charge in [0.05, 0.1) is 10.6 Å². The Hall–Kier alpha value is -2.38. The average Bonchev–Trinajstić information content (AvgIpc) is 2.55. The summed E-state index contributed by atoms with van der Waals surface area (Å²) in [5.74, 6) is -0.259. The highest BCUT2D eigenvalue weighted by Crippen LogP contribution is 2.29. The lowest BCUT2D eigenvalue weighted by Gasteiger charge is -2.25. The number of nitrogens with one attached hydrogen (secondary N) is 1. The van der Waals surface area contributed by atoms with E-state index in [4.69, 9.17) is 11.6 Å². The zero-order chi connectivity index (χ0) is 19.5. The van der Waals surface area contributed by atoms with Crippen molar-refractivity contribution in [2.75, 3.05) is 16.2 Å². The largest absolute Gasteiger partial charge is 0.326 e. The number of rotatable bonds is 6. The first kappa shape index (κ1) is 19.9. The third-order valence-corrected chi connectivity index (χ3v) is 5.77. The van der Waals surface area contributed by atoms with Crippen molar-refractivity contribution in [1.29, 1.82) is 0 Å². The molecule has 2 aromatic rings. The molecule has 0 radical (unpaired) electrons. The molecule has 0 bridgehead atoms. The Balaban J connectivity index is 2.51. The summed E-state index contributed by atoms with van der Waals surface area (Å²) in [6, 6.07) is 10.9. The van der Waals surface area contributed by atoms with E-state index in [-0.39, 0.29) is 10.8 Å². The number of sulfonamides is 1. The number of carbonyl (C=O) groups is 2. The van der Waals surface area contributed by atoms with Crippen LogP contribution in [-0.4, -0.2) is 26.1 Å². The molecule has 0 aromatic heterocycles. The molecule has 0 aliphatic heterocycles. The van der Waals surface area contributed by atoms with Crippen molar-refractivity contribution >= 4 is 44.1 Å². The SMILES string of the molecule is CC(=O)Nc1ccc(S(=O)(=O)N(CC(=O)Cl)c2cccc(C)c2C)cc1. The van der Waals surface area contributed by atoms with Crippen LogP contribution in [0.25, 0.3) is 0 Å². The minimum absolute atomic E-state index is 0.00887. The maximum Gasteiger partial charge on any atom is 0.264 e. The zero-order valence-corrected chi connectivity index (χ0v) is 16.2. The Kier molecular flexibility index (Phi) is 6.05. The van der Waals surface area contributed by atoms with E-state index in [1.54, 1.807) is 19.1 Å². The standard InChI is InChI=1S/C18H19ClN2O4S/c1-12-5-4-6-17(13(12)2)21(11-18(19)23)26(24,25)16-9-7-15(8-10-16)20-14(3)22/h4-10H,11H2,1-3H3,(H,20,22). The molecule has 26 heavy (non-hydrogen) atoms. The van der Waals surface area contributed by atoms with Crippen LogP contribution in [0, 0.1) is 13.8 Å². The fourth-order valence-electron chi connectivity index (χ4n) is 2.46. The first-order chi connectivity index (χ1) is 12.1. The average molecular weight is 395 g/mol. The number of carbonyl (C=O) groups excluding carboxylic acids is 2. The predicted octanol–water partition coefficient (Wildman–Crippen LogP) is 3.22. The minimum Gasteiger partial charge on any atom is -0.326 e. The zero-order valence-electron chi connectivity index (χ0n) is 14.6. The Morgan fingerprint density at radius 3 is 2.23 bits per heavy atom. The van der Waals surface area contributed by atoms with Crippen molar-refractivity contribution in [3.05, 3.63) is 53.6 Å². The van der Waals surface area contributed by atoms with Gasteiger partial charge in [-0.2, -0.15) is 0 Å². The molecular formula is C18H19ClN2O4S. The van der Waals surface area contributed by atoms with E-state index < -0.39 is 21.8 Å². The number of hydrogen-bond donors (Lipinski definition) is 1. The number of nitrogens with zero attached hydrogens (tertiary/aromatic N) is 1. The highest BCUT2D eigenvalue weighted by atomic mass is 35.5. The van der Waals surface area contributed by atoms with Gasteiger partial charge in [0.2, 0.25) is 11.1 Å². The molecular weight excluding hydrogens is 376 g/mol. The molecule has 2 aromatic carbocycles. The van der Waals surface area contributed by atoms with E-state index in [1.165, 1.54) is 31.2 Å². The summed E-state index contributed by atoms with van der Waals surface area (Å²) in [4.78, 5) is 22.6. The van der Waals surface area contributed by atoms with E-state index in [1.807, 2.05) is 13.0 Å². The van der Waals surface area contributed by atoms with Gasteiger partial charge in [-0.05, 0) is 66.9 Å². The van der Waals surface area contributed by atoms with E-state index in [0.717, 1.165) is 15.4 Å². The van der Waals surface area contributed by atoms with Crippen LogP contribution < -0.4 is 9.62 Å². The number of amides is 1. The minimum atomic E-state index is -4.02. The quantitative estimate of drug-likeness (QED) is 0.762. The fourth-order valence-corrected chi connectivity index (χ4v) is 4.13. The van der Waals surface area contributed by atoms with Crippen molar-refractivity contribution in [3.63, 3.8) is 0 Å². The smallest absolute Gasteiger partial charge is 0.264 e. The van der Waals surface area contributed by atoms with Gasteiger partial charge in [0.15, 0.2) is 0 Å². The molecule has 6 nitrogen and oxygen atoms in total. The normalized spacial score (nSPS) is 11.1. The summed E-state index contributed by atoms with van der Waals surface area (Å²) in [6.07, 6.45) is 0. The third kappa shape index (κ3) is 4.42. The summed E-state index contributed by atoms with van der Waals surface area (Å²) in [7, 11) is -4.02. The van der Waals surface area contributed by atoms with Gasteiger partial charge in [-0.15, -0.1) is 0 Å². The van der Waals surface area contributed by atoms with Crippen molar-refractivity contribution in [3.8, 4) is 0 Å². The van der Waals surface area contributed by atoms with Crippen LogP contribution in [-0.2, 0) is 19.6 Å². The van der Waals surface area contributed by atoms with Crippen LogP contribution in [0.15, 0.2) is 47.4 Å². The van der Waals surface area contributed by atoms with Crippen LogP contribution >= 0.6 is 11.6 Å². The van der Waals surface area contributed by atoms with E-state index in [0.29, 0.717) is 11.4 Å². The van der Waals surface area contributed by atoms with Crippen LogP contribution in [0.4, 0.5) is 11.4 Å². The highest BCUT2D eigenvalue weighted by Gasteiger charge is 2.28. The second-order valence-electron chi connectivity index (χ2n) is 5.79. The van der Waals surface area contributed by atoms with Gasteiger partial charge in [-0.25, -0.2) is 8.42 Å². The third-order valence-electron chi connectivity index (χ3n) is 3.88. The number of halogens is 1. The van der Waals surface area contributed by atoms with Gasteiger partial charge < -0.3 is 5.32 Å². The summed E-state index contributed by atoms with van der Waals surface area (Å²) < 4.78 is 27.2. The second kappa shape index (κ2) is 7.88. The molecule has 0 atom stereocenters. The molecule has 1 amide bonds. The first-order valence-electron chi connectivity index (χ1n) is 7.78. The molecule has 0 saturated carbocycles. The summed E-state index contributed by atoms with van der Waals surface area (Å²) in [5.41, 5.74) is 2.50. The highest BCUT2D eigenvalue weighted by molar-refractivity contribution is 7.92. The van der Waals surface area contributed by atoms with Crippen LogP contribution in [0.1, 0.15) is 18.1 Å². The molecule has 0 aliphatic carbocycles. The molecule has 0 fully saturated rings. The van der Waals surface area contributed by atoms with Crippen LogP contribution in [0.2, 0.25) is 0 Å². The number of anilines is 2. The molecule has 0 aliphatic rings. The number of benzene rings is 2. The summed E-state index contributed by atoms with van der Waals surface area (Å²) in [6.45, 7) is 4.51. The van der Waals surface area contributed by atoms with Gasteiger partial charge in [0.25, 0.3) is 10.0 Å². The van der Waals surface area contributed by atoms with E-state index in [2.05, 4.69) is 5.32 Å². The van der Waals surface area contributed by atoms with Gasteiger partial charge in [-0.1, -0.05) is 12.1 Å². The van der Waals surface area contributed by atoms with Crippen LogP contribution in [0.5, 0.6) is 0 Å². The van der Waals surface area contributed by atoms with Gasteiger partial charge in [-0.3, -0.25) is 13.9 Å². The van der Waals surface area contributed by atoms with Crippen molar-refractivity contribution in [2.45, 2.75) is 25.7 Å². The lowest BCUT2D eigenvalue weighted by Crippen LogP contribution is -2.35. The Morgan fingerprint density at radius 2 is 1.69 bits per heavy atom. The predicted molar refractivity (Wildman–Crippen MR) is 102 cm³/mol. The number of hydrogen-bond acceptors (Lipinski definition) is 4. The topological polar surface area (TPSA) is 83.6 Å². The van der Waals surface area contributed by atoms with Crippen molar-refractivity contribution in [1.82, 2.24) is 0 Å². The van der Waals surface area contributed by atoms with E-state index in [9.17, 15) is 18.0 Å². The first-order valence-corrected chi connectivity index (χ1v) is 9.59. The molecule has 0 unspecified atom stereocenters. The molecule has 0 heterocycles. The molecule has 138 valence electrons. The Bertz CT molecular complexity index is 940. The monoisotopic (exact) mass is 394 g/mol. The molecule has 8 heteroatoms. The fraction of sp³-hybridized carbons (Fsp3) is 0.222. The molecule has 2 rings (SSSR count). The molecule has 1 N–H and O–H groups in total. The van der Waals surface area contributed by atoms with Crippen molar-refractivity contribution < 1.29 is 18.0 Å². The second-order valence-corrected chi connectivity index (χ2v) is 8.08. The lowest BCUT2D eigenvalue weighted by atomic mass is 10.1. The van der Waals surface area contributed by atoms with Gasteiger partial charge in [0.1, 0.15) is 6.54 Å². The molecule has 0 spiro atoms. The van der Waals surface area contributed by atoms with Crippen LogP contribution in [0.3, 0.4) is 0 Å². The Morgan fingerprint density at radius 1 is 1.08 bits per heavy atom. The summed E-state index contributed by atoms with van der Waals surface area (Å²) >= 11 is 5.50. The van der Waals surface area contributed by atoms with Gasteiger partial charge in [0, 0.05) is 12.6 Å². The van der Waals surface area contributed by atoms with Crippen molar-refractivity contribution in [2.24, 2.45) is 0 Å². The number of aryl methyl sites for hydroxylation is 1. The van der Waals surface area contributed by atoms with Gasteiger partial charge >= 0.3 is 0 Å². The Labute approximate surface area is 157 Å². The summed E-state index contributed by atoms with van der Waals surface area (Å²) in [5, 5.41) is 1.78. The molecule has 0 saturated heterocycles. The van der Waals surface area contributed by atoms with E-state index >= 15 is 0 Å².